The summed E-state index contributed by atoms with van der Waals surface area (Å²) in [5.74, 6) is -1.26. The van der Waals surface area contributed by atoms with Crippen molar-refractivity contribution in [3.05, 3.63) is 58.3 Å². The second kappa shape index (κ2) is 8.23. The van der Waals surface area contributed by atoms with E-state index in [-0.39, 0.29) is 39.8 Å². The lowest BCUT2D eigenvalue weighted by Gasteiger charge is -2.10. The molecule has 0 saturated heterocycles. The van der Waals surface area contributed by atoms with Gasteiger partial charge in [0.2, 0.25) is 0 Å². The van der Waals surface area contributed by atoms with Crippen LogP contribution in [0.15, 0.2) is 47.4 Å². The molecule has 0 N–H and O–H groups in total. The first-order chi connectivity index (χ1) is 14.2. The highest BCUT2D eigenvalue weighted by Gasteiger charge is 2.30. The van der Waals surface area contributed by atoms with Crippen LogP contribution in [0.1, 0.15) is 31.3 Å². The Morgan fingerprint density at radius 3 is 2.47 bits per heavy atom. The van der Waals surface area contributed by atoms with Crippen molar-refractivity contribution in [1.29, 1.82) is 0 Å². The van der Waals surface area contributed by atoms with E-state index in [1.54, 1.807) is 51.1 Å². The molecule has 0 spiro atoms. The maximum absolute atomic E-state index is 13.1. The van der Waals surface area contributed by atoms with Gasteiger partial charge in [-0.05, 0) is 25.0 Å². The van der Waals surface area contributed by atoms with Crippen LogP contribution in [0.25, 0.3) is 16.6 Å². The molecule has 0 aliphatic heterocycles. The summed E-state index contributed by atoms with van der Waals surface area (Å²) in [5, 5.41) is 15.8. The average molecular weight is 431 g/mol. The Labute approximate surface area is 173 Å². The summed E-state index contributed by atoms with van der Waals surface area (Å²) in [7, 11) is -3.95. The smallest absolute Gasteiger partial charge is 0.359 e. The zero-order valence-corrected chi connectivity index (χ0v) is 17.5. The summed E-state index contributed by atoms with van der Waals surface area (Å²) in [4.78, 5) is 23.2. The first kappa shape index (κ1) is 21.4. The van der Waals surface area contributed by atoms with Crippen molar-refractivity contribution < 1.29 is 22.9 Å². The quantitative estimate of drug-likeness (QED) is 0.318. The molecule has 1 heterocycles. The predicted octanol–water partition coefficient (Wildman–Crippen LogP) is 3.54. The maximum Gasteiger partial charge on any atom is 0.359 e. The van der Waals surface area contributed by atoms with Gasteiger partial charge in [-0.15, -0.1) is 0 Å². The van der Waals surface area contributed by atoms with E-state index in [9.17, 15) is 23.3 Å². The number of hydrogen-bond acceptors (Lipinski definition) is 7. The fraction of sp³-hybridized carbons (Fsp3) is 0.300. The Balaban J connectivity index is 2.46. The molecule has 0 unspecified atom stereocenters. The number of carbonyl (C=O) groups excluding carboxylic acids is 1. The van der Waals surface area contributed by atoms with Crippen LogP contribution in [0.3, 0.4) is 0 Å². The van der Waals surface area contributed by atoms with Crippen molar-refractivity contribution in [3.63, 3.8) is 0 Å². The van der Waals surface area contributed by atoms with Gasteiger partial charge >= 0.3 is 5.97 Å². The van der Waals surface area contributed by atoms with Crippen LogP contribution in [0.2, 0.25) is 0 Å². The van der Waals surface area contributed by atoms with E-state index in [1.807, 2.05) is 0 Å². The molecular weight excluding hydrogens is 410 g/mol. The van der Waals surface area contributed by atoms with Crippen molar-refractivity contribution in [3.8, 4) is 5.69 Å². The summed E-state index contributed by atoms with van der Waals surface area (Å²) in [6, 6.07) is 10.8. The number of benzene rings is 2. The lowest BCUT2D eigenvalue weighted by atomic mass is 10.2. The second-order valence-corrected chi connectivity index (χ2v) is 9.09. The van der Waals surface area contributed by atoms with Crippen molar-refractivity contribution in [2.24, 2.45) is 5.92 Å². The Kier molecular flexibility index (Phi) is 5.88. The van der Waals surface area contributed by atoms with E-state index >= 15 is 0 Å². The molecule has 30 heavy (non-hydrogen) atoms. The van der Waals surface area contributed by atoms with Gasteiger partial charge in [-0.1, -0.05) is 32.0 Å². The molecular formula is C20H21N3O6S. The average Bonchev–Trinajstić information content (AvgIpc) is 3.06. The molecule has 0 atom stereocenters. The Morgan fingerprint density at radius 2 is 1.90 bits per heavy atom. The number of fused-ring (bicyclic) bond motifs is 1. The number of nitro benzene ring substituents is 1. The van der Waals surface area contributed by atoms with Crippen LogP contribution < -0.4 is 0 Å². The molecule has 3 rings (SSSR count). The first-order valence-electron chi connectivity index (χ1n) is 9.32. The molecule has 2 aromatic carbocycles. The monoisotopic (exact) mass is 431 g/mol. The molecule has 0 aliphatic rings. The fourth-order valence-corrected chi connectivity index (χ4v) is 5.05. The summed E-state index contributed by atoms with van der Waals surface area (Å²) in [5.41, 5.74) is 0.0526. The highest BCUT2D eigenvalue weighted by molar-refractivity contribution is 7.91. The number of non-ortho nitro benzene ring substituents is 1. The number of carbonyl (C=O) groups is 1. The van der Waals surface area contributed by atoms with E-state index in [4.69, 9.17) is 4.74 Å². The van der Waals surface area contributed by atoms with Gasteiger partial charge in [0, 0.05) is 12.1 Å². The third-order valence-corrected chi connectivity index (χ3v) is 6.40. The van der Waals surface area contributed by atoms with Crippen molar-refractivity contribution in [2.45, 2.75) is 25.7 Å². The normalized spacial score (nSPS) is 11.7. The third-order valence-electron chi connectivity index (χ3n) is 4.30. The summed E-state index contributed by atoms with van der Waals surface area (Å²) in [6.45, 7) is 5.15. The van der Waals surface area contributed by atoms with Gasteiger partial charge in [-0.3, -0.25) is 10.1 Å². The highest BCUT2D eigenvalue weighted by atomic mass is 32.2. The second-order valence-electron chi connectivity index (χ2n) is 7.09. The van der Waals surface area contributed by atoms with Gasteiger partial charge in [0.1, 0.15) is 0 Å². The van der Waals surface area contributed by atoms with E-state index < -0.39 is 26.4 Å². The molecule has 0 aliphatic carbocycles. The number of ether oxygens (including phenoxy) is 1. The molecule has 1 aromatic heterocycles. The zero-order chi connectivity index (χ0) is 22.1. The number of esters is 1. The number of rotatable bonds is 7. The van der Waals surface area contributed by atoms with Crippen LogP contribution in [0, 0.1) is 16.0 Å². The first-order valence-corrected chi connectivity index (χ1v) is 11.0. The summed E-state index contributed by atoms with van der Waals surface area (Å²) >= 11 is 0. The molecule has 158 valence electrons. The molecule has 9 nitrogen and oxygen atoms in total. The highest BCUT2D eigenvalue weighted by Crippen LogP contribution is 2.34. The lowest BCUT2D eigenvalue weighted by Crippen LogP contribution is -2.14. The lowest BCUT2D eigenvalue weighted by molar-refractivity contribution is -0.384. The van der Waals surface area contributed by atoms with Gasteiger partial charge in [0.15, 0.2) is 15.5 Å². The Bertz CT molecular complexity index is 1220. The van der Waals surface area contributed by atoms with Crippen LogP contribution >= 0.6 is 0 Å². The summed E-state index contributed by atoms with van der Waals surface area (Å²) < 4.78 is 32.6. The molecule has 10 heteroatoms. The Morgan fingerprint density at radius 1 is 1.23 bits per heavy atom. The van der Waals surface area contributed by atoms with Crippen molar-refractivity contribution in [2.75, 3.05) is 12.4 Å². The molecule has 0 fully saturated rings. The molecule has 3 aromatic rings. The number of aromatic nitrogens is 2. The van der Waals surface area contributed by atoms with Crippen molar-refractivity contribution in [1.82, 2.24) is 9.78 Å². The minimum atomic E-state index is -3.95. The van der Waals surface area contributed by atoms with Crippen LogP contribution in [-0.4, -0.2) is 41.5 Å². The number of para-hydroxylation sites is 1. The standard InChI is InChI=1S/C20H21N3O6S/c1-4-29-20(24)19-18-16(22(21-19)14-8-6-5-7-9-14)10-15(23(25)26)11-17(18)30(27,28)12-13(2)3/h5-11,13H,4,12H2,1-3H3. The number of hydrogen-bond donors (Lipinski definition) is 0. The van der Waals surface area contributed by atoms with Gasteiger partial charge in [0.25, 0.3) is 5.69 Å². The van der Waals surface area contributed by atoms with E-state index in [1.165, 1.54) is 10.7 Å². The topological polar surface area (TPSA) is 121 Å². The van der Waals surface area contributed by atoms with Gasteiger partial charge in [-0.2, -0.15) is 5.10 Å². The van der Waals surface area contributed by atoms with E-state index in [0.29, 0.717) is 5.69 Å². The van der Waals surface area contributed by atoms with Crippen LogP contribution in [0.5, 0.6) is 0 Å². The molecule has 0 saturated carbocycles. The van der Waals surface area contributed by atoms with Crippen molar-refractivity contribution >= 4 is 32.4 Å². The third kappa shape index (κ3) is 4.04. The number of sulfone groups is 1. The van der Waals surface area contributed by atoms with Gasteiger partial charge < -0.3 is 4.74 Å². The zero-order valence-electron chi connectivity index (χ0n) is 16.7. The maximum atomic E-state index is 13.1. The van der Waals surface area contributed by atoms with E-state index in [0.717, 1.165) is 6.07 Å². The minimum absolute atomic E-state index is 0.0172. The largest absolute Gasteiger partial charge is 0.461 e. The number of nitrogens with zero attached hydrogens (tertiary/aromatic N) is 3. The van der Waals surface area contributed by atoms with Crippen LogP contribution in [0.4, 0.5) is 5.69 Å². The Hall–Kier alpha value is -3.27. The van der Waals surface area contributed by atoms with Gasteiger partial charge in [0.05, 0.1) is 38.8 Å². The SMILES string of the molecule is CCOC(=O)c1nn(-c2ccccc2)c2cc([N+](=O)[O-])cc(S(=O)(=O)CC(C)C)c12. The fourth-order valence-electron chi connectivity index (χ4n) is 3.18. The molecule has 0 bridgehead atoms. The predicted molar refractivity (Wildman–Crippen MR) is 111 cm³/mol. The molecule has 0 amide bonds. The molecule has 0 radical (unpaired) electrons. The van der Waals surface area contributed by atoms with E-state index in [2.05, 4.69) is 5.10 Å². The van der Waals surface area contributed by atoms with Gasteiger partial charge in [-0.25, -0.2) is 17.9 Å². The number of nitro groups is 1. The summed E-state index contributed by atoms with van der Waals surface area (Å²) in [6.07, 6.45) is 0. The minimum Gasteiger partial charge on any atom is -0.461 e. The van der Waals surface area contributed by atoms with Crippen LogP contribution in [-0.2, 0) is 14.6 Å².